The Labute approximate surface area is 165 Å². The Morgan fingerprint density at radius 3 is 2.57 bits per heavy atom. The first-order valence-corrected chi connectivity index (χ1v) is 9.87. The first-order valence-electron chi connectivity index (χ1n) is 9.87. The predicted molar refractivity (Wildman–Crippen MR) is 114 cm³/mol. The van der Waals surface area contributed by atoms with E-state index in [0.29, 0.717) is 13.0 Å². The van der Waals surface area contributed by atoms with Crippen LogP contribution in [0.25, 0.3) is 21.7 Å². The molecule has 0 saturated carbocycles. The van der Waals surface area contributed by atoms with Gasteiger partial charge in [0.1, 0.15) is 5.58 Å². The second-order valence-corrected chi connectivity index (χ2v) is 7.40. The van der Waals surface area contributed by atoms with Crippen molar-refractivity contribution in [2.75, 3.05) is 6.54 Å². The summed E-state index contributed by atoms with van der Waals surface area (Å²) >= 11 is 0. The van der Waals surface area contributed by atoms with Crippen molar-refractivity contribution in [3.63, 3.8) is 0 Å². The zero-order valence-corrected chi connectivity index (χ0v) is 16.4. The standard InChI is InChI=1S/C25H25NO2/c1-3-14-26(16-19-10-8-18(2)9-11-19)24(27)15-21-17-28-23-13-12-20-6-4-5-7-22(20)25(21)23/h4-13,17H,3,14-16H2,1-2H3. The number of hydrogen-bond donors (Lipinski definition) is 0. The van der Waals surface area contributed by atoms with Gasteiger partial charge < -0.3 is 9.32 Å². The van der Waals surface area contributed by atoms with Crippen LogP contribution in [0.15, 0.2) is 71.3 Å². The SMILES string of the molecule is CCCN(Cc1ccc(C)cc1)C(=O)Cc1coc2ccc3ccccc3c12. The molecule has 0 unspecified atom stereocenters. The van der Waals surface area contributed by atoms with Crippen LogP contribution in [0.5, 0.6) is 0 Å². The van der Waals surface area contributed by atoms with Gasteiger partial charge in [-0.15, -0.1) is 0 Å². The summed E-state index contributed by atoms with van der Waals surface area (Å²) in [4.78, 5) is 15.1. The van der Waals surface area contributed by atoms with Crippen molar-refractivity contribution >= 4 is 27.6 Å². The highest BCUT2D eigenvalue weighted by molar-refractivity contribution is 6.08. The van der Waals surface area contributed by atoms with Crippen LogP contribution in [0.3, 0.4) is 0 Å². The molecule has 28 heavy (non-hydrogen) atoms. The lowest BCUT2D eigenvalue weighted by Crippen LogP contribution is -2.32. The molecule has 0 atom stereocenters. The molecule has 0 aliphatic rings. The lowest BCUT2D eigenvalue weighted by Gasteiger charge is -2.22. The largest absolute Gasteiger partial charge is 0.464 e. The Morgan fingerprint density at radius 2 is 1.79 bits per heavy atom. The third-order valence-electron chi connectivity index (χ3n) is 5.22. The fourth-order valence-corrected chi connectivity index (χ4v) is 3.76. The molecule has 0 N–H and O–H groups in total. The summed E-state index contributed by atoms with van der Waals surface area (Å²) < 4.78 is 5.76. The summed E-state index contributed by atoms with van der Waals surface area (Å²) in [5.74, 6) is 0.137. The Hall–Kier alpha value is -3.07. The van der Waals surface area contributed by atoms with Gasteiger partial charge in [-0.1, -0.05) is 67.1 Å². The van der Waals surface area contributed by atoms with Crippen molar-refractivity contribution in [2.45, 2.75) is 33.2 Å². The topological polar surface area (TPSA) is 33.5 Å². The summed E-state index contributed by atoms with van der Waals surface area (Å²) in [5, 5.41) is 3.35. The fourth-order valence-electron chi connectivity index (χ4n) is 3.76. The molecule has 4 aromatic rings. The van der Waals surface area contributed by atoms with Crippen molar-refractivity contribution < 1.29 is 9.21 Å². The van der Waals surface area contributed by atoms with Gasteiger partial charge in [-0.3, -0.25) is 4.79 Å². The normalized spacial score (nSPS) is 11.2. The van der Waals surface area contributed by atoms with E-state index in [0.717, 1.165) is 45.8 Å². The number of aryl methyl sites for hydroxylation is 1. The van der Waals surface area contributed by atoms with E-state index in [1.165, 1.54) is 5.56 Å². The van der Waals surface area contributed by atoms with E-state index < -0.39 is 0 Å². The number of rotatable bonds is 6. The van der Waals surface area contributed by atoms with Crippen molar-refractivity contribution in [3.05, 3.63) is 83.6 Å². The monoisotopic (exact) mass is 371 g/mol. The van der Waals surface area contributed by atoms with Crippen LogP contribution in [0.4, 0.5) is 0 Å². The summed E-state index contributed by atoms with van der Waals surface area (Å²) in [6.07, 6.45) is 3.03. The lowest BCUT2D eigenvalue weighted by atomic mass is 10.0. The Morgan fingerprint density at radius 1 is 1.00 bits per heavy atom. The van der Waals surface area contributed by atoms with Crippen molar-refractivity contribution in [1.82, 2.24) is 4.90 Å². The molecule has 4 rings (SSSR count). The lowest BCUT2D eigenvalue weighted by molar-refractivity contribution is -0.131. The van der Waals surface area contributed by atoms with Gasteiger partial charge in [-0.05, 0) is 35.7 Å². The molecular weight excluding hydrogens is 346 g/mol. The second kappa shape index (κ2) is 7.89. The number of furan rings is 1. The van der Waals surface area contributed by atoms with Crippen LogP contribution in [0.2, 0.25) is 0 Å². The average molecular weight is 371 g/mol. The zero-order valence-electron chi connectivity index (χ0n) is 16.4. The first kappa shape index (κ1) is 18.3. The van der Waals surface area contributed by atoms with E-state index in [1.54, 1.807) is 6.26 Å². The van der Waals surface area contributed by atoms with Crippen LogP contribution in [0, 0.1) is 6.92 Å². The highest BCUT2D eigenvalue weighted by Gasteiger charge is 2.18. The van der Waals surface area contributed by atoms with Gasteiger partial charge in [0.25, 0.3) is 0 Å². The van der Waals surface area contributed by atoms with Crippen molar-refractivity contribution in [3.8, 4) is 0 Å². The summed E-state index contributed by atoms with van der Waals surface area (Å²) in [6.45, 7) is 5.58. The average Bonchev–Trinajstić information content (AvgIpc) is 3.12. The van der Waals surface area contributed by atoms with Crippen LogP contribution in [0.1, 0.15) is 30.0 Å². The van der Waals surface area contributed by atoms with E-state index in [-0.39, 0.29) is 5.91 Å². The predicted octanol–water partition coefficient (Wildman–Crippen LogP) is 5.88. The zero-order chi connectivity index (χ0) is 19.5. The van der Waals surface area contributed by atoms with Gasteiger partial charge in [0, 0.05) is 24.0 Å². The molecule has 3 nitrogen and oxygen atoms in total. The number of amides is 1. The number of benzene rings is 3. The number of hydrogen-bond acceptors (Lipinski definition) is 2. The molecule has 142 valence electrons. The van der Waals surface area contributed by atoms with E-state index in [1.807, 2.05) is 23.1 Å². The number of carbonyl (C=O) groups excluding carboxylic acids is 1. The van der Waals surface area contributed by atoms with Crippen LogP contribution >= 0.6 is 0 Å². The minimum absolute atomic E-state index is 0.137. The molecule has 0 spiro atoms. The number of carbonyl (C=O) groups is 1. The van der Waals surface area contributed by atoms with Crippen LogP contribution in [-0.4, -0.2) is 17.4 Å². The third kappa shape index (κ3) is 3.65. The molecule has 3 heteroatoms. The Kier molecular flexibility index (Phi) is 5.16. The third-order valence-corrected chi connectivity index (χ3v) is 5.22. The molecular formula is C25H25NO2. The Balaban J connectivity index is 1.62. The van der Waals surface area contributed by atoms with Crippen molar-refractivity contribution in [2.24, 2.45) is 0 Å². The molecule has 1 heterocycles. The maximum absolute atomic E-state index is 13.1. The van der Waals surface area contributed by atoms with Gasteiger partial charge in [-0.2, -0.15) is 0 Å². The number of fused-ring (bicyclic) bond motifs is 3. The van der Waals surface area contributed by atoms with E-state index in [4.69, 9.17) is 4.42 Å². The number of nitrogens with zero attached hydrogens (tertiary/aromatic N) is 1. The quantitative estimate of drug-likeness (QED) is 0.424. The molecule has 0 bridgehead atoms. The highest BCUT2D eigenvalue weighted by Crippen LogP contribution is 2.30. The Bertz CT molecular complexity index is 1110. The van der Waals surface area contributed by atoms with Gasteiger partial charge in [0.2, 0.25) is 5.91 Å². The minimum atomic E-state index is 0.137. The van der Waals surface area contributed by atoms with Crippen molar-refractivity contribution in [1.29, 1.82) is 0 Å². The van der Waals surface area contributed by atoms with Crippen LogP contribution in [-0.2, 0) is 17.8 Å². The molecule has 1 aromatic heterocycles. The van der Waals surface area contributed by atoms with Crippen LogP contribution < -0.4 is 0 Å². The molecule has 0 aliphatic carbocycles. The van der Waals surface area contributed by atoms with Gasteiger partial charge in [-0.25, -0.2) is 0 Å². The van der Waals surface area contributed by atoms with Gasteiger partial charge >= 0.3 is 0 Å². The summed E-state index contributed by atoms with van der Waals surface area (Å²) in [7, 11) is 0. The first-order chi connectivity index (χ1) is 13.7. The molecule has 0 saturated heterocycles. The summed E-state index contributed by atoms with van der Waals surface area (Å²) in [6, 6.07) is 20.7. The molecule has 0 radical (unpaired) electrons. The maximum Gasteiger partial charge on any atom is 0.227 e. The molecule has 0 fully saturated rings. The molecule has 1 amide bonds. The maximum atomic E-state index is 13.1. The summed E-state index contributed by atoms with van der Waals surface area (Å²) in [5.41, 5.74) is 4.19. The molecule has 3 aromatic carbocycles. The smallest absolute Gasteiger partial charge is 0.227 e. The van der Waals surface area contributed by atoms with E-state index in [9.17, 15) is 4.79 Å². The minimum Gasteiger partial charge on any atom is -0.464 e. The van der Waals surface area contributed by atoms with Gasteiger partial charge in [0.15, 0.2) is 0 Å². The highest BCUT2D eigenvalue weighted by atomic mass is 16.3. The van der Waals surface area contributed by atoms with E-state index >= 15 is 0 Å². The fraction of sp³-hybridized carbons (Fsp3) is 0.240. The molecule has 0 aliphatic heterocycles. The van der Waals surface area contributed by atoms with E-state index in [2.05, 4.69) is 56.3 Å². The second-order valence-electron chi connectivity index (χ2n) is 7.40. The van der Waals surface area contributed by atoms with Gasteiger partial charge in [0.05, 0.1) is 12.7 Å².